The largest absolute Gasteiger partial charge is 0.340 e. The number of para-hydroxylation sites is 1. The first kappa shape index (κ1) is 14.9. The topological polar surface area (TPSA) is 25.2 Å². The van der Waals surface area contributed by atoms with Gasteiger partial charge in [-0.15, -0.1) is 0 Å². The van der Waals surface area contributed by atoms with E-state index in [1.54, 1.807) is 4.90 Å². The Morgan fingerprint density at radius 3 is 2.55 bits per heavy atom. The van der Waals surface area contributed by atoms with E-state index in [1.807, 2.05) is 74.1 Å². The molecule has 3 aromatic rings. The summed E-state index contributed by atoms with van der Waals surface area (Å²) in [5, 5.41) is 1.08. The molecule has 0 saturated carbocycles. The fraction of sp³-hybridized carbons (Fsp3) is 0.167. The molecular formula is C18H17BrN2O. The summed E-state index contributed by atoms with van der Waals surface area (Å²) in [5.41, 5.74) is 3.74. The van der Waals surface area contributed by atoms with Crippen molar-refractivity contribution in [1.29, 1.82) is 0 Å². The second-order valence-corrected chi connectivity index (χ2v) is 6.30. The lowest BCUT2D eigenvalue weighted by molar-refractivity contribution is 0.0985. The number of benzene rings is 2. The first-order valence-electron chi connectivity index (χ1n) is 7.07. The van der Waals surface area contributed by atoms with Gasteiger partial charge in [-0.25, -0.2) is 0 Å². The molecule has 0 aliphatic rings. The highest BCUT2D eigenvalue weighted by molar-refractivity contribution is 9.10. The predicted molar refractivity (Wildman–Crippen MR) is 94.5 cm³/mol. The van der Waals surface area contributed by atoms with Crippen molar-refractivity contribution < 1.29 is 4.79 Å². The number of amides is 1. The van der Waals surface area contributed by atoms with Crippen LogP contribution in [-0.2, 0) is 7.05 Å². The van der Waals surface area contributed by atoms with E-state index in [-0.39, 0.29) is 5.91 Å². The van der Waals surface area contributed by atoms with Crippen LogP contribution < -0.4 is 4.90 Å². The van der Waals surface area contributed by atoms with Gasteiger partial charge in [0.1, 0.15) is 5.69 Å². The molecule has 0 spiro atoms. The molecule has 4 heteroatoms. The van der Waals surface area contributed by atoms with Crippen LogP contribution in [0.5, 0.6) is 0 Å². The number of aromatic nitrogens is 1. The van der Waals surface area contributed by atoms with Crippen molar-refractivity contribution in [3.05, 3.63) is 64.3 Å². The molecule has 0 N–H and O–H groups in total. The van der Waals surface area contributed by atoms with Crippen LogP contribution in [0.4, 0.5) is 5.69 Å². The zero-order valence-electron chi connectivity index (χ0n) is 12.8. The Kier molecular flexibility index (Phi) is 3.79. The maximum Gasteiger partial charge on any atom is 0.274 e. The molecule has 0 radical (unpaired) electrons. The molecule has 1 amide bonds. The summed E-state index contributed by atoms with van der Waals surface area (Å²) in [4.78, 5) is 14.5. The third-order valence-electron chi connectivity index (χ3n) is 4.00. The van der Waals surface area contributed by atoms with Gasteiger partial charge in [0.25, 0.3) is 5.91 Å². The van der Waals surface area contributed by atoms with Crippen LogP contribution in [0.2, 0.25) is 0 Å². The van der Waals surface area contributed by atoms with Gasteiger partial charge < -0.3 is 9.47 Å². The zero-order chi connectivity index (χ0) is 15.9. The van der Waals surface area contributed by atoms with Crippen molar-refractivity contribution in [2.45, 2.75) is 6.92 Å². The summed E-state index contributed by atoms with van der Waals surface area (Å²) in [6, 6.07) is 15.9. The van der Waals surface area contributed by atoms with Gasteiger partial charge >= 0.3 is 0 Å². The number of carbonyl (C=O) groups excluding carboxylic acids is 1. The predicted octanol–water partition coefficient (Wildman–Crippen LogP) is 4.53. The SMILES string of the molecule is Cc1cc(N(C)C(=O)c2cc3ccccc3n2C)ccc1Br. The van der Waals surface area contributed by atoms with E-state index in [0.717, 1.165) is 26.6 Å². The molecule has 22 heavy (non-hydrogen) atoms. The fourth-order valence-electron chi connectivity index (χ4n) is 2.62. The monoisotopic (exact) mass is 356 g/mol. The Morgan fingerprint density at radius 2 is 1.86 bits per heavy atom. The molecular weight excluding hydrogens is 340 g/mol. The summed E-state index contributed by atoms with van der Waals surface area (Å²) >= 11 is 3.49. The van der Waals surface area contributed by atoms with E-state index in [2.05, 4.69) is 15.9 Å². The molecule has 2 aromatic carbocycles. The number of fused-ring (bicyclic) bond motifs is 1. The van der Waals surface area contributed by atoms with Crippen LogP contribution in [0.3, 0.4) is 0 Å². The minimum atomic E-state index is -0.0135. The average molecular weight is 357 g/mol. The van der Waals surface area contributed by atoms with Crippen LogP contribution in [0, 0.1) is 6.92 Å². The Bertz CT molecular complexity index is 867. The number of nitrogens with zero attached hydrogens (tertiary/aromatic N) is 2. The molecule has 0 bridgehead atoms. The molecule has 1 aromatic heterocycles. The highest BCUT2D eigenvalue weighted by Crippen LogP contribution is 2.25. The number of rotatable bonds is 2. The minimum absolute atomic E-state index is 0.0135. The summed E-state index contributed by atoms with van der Waals surface area (Å²) in [7, 11) is 3.74. The van der Waals surface area contributed by atoms with Crippen molar-refractivity contribution in [1.82, 2.24) is 4.57 Å². The van der Waals surface area contributed by atoms with Crippen molar-refractivity contribution in [2.24, 2.45) is 7.05 Å². The molecule has 1 heterocycles. The molecule has 0 unspecified atom stereocenters. The maximum atomic E-state index is 12.8. The van der Waals surface area contributed by atoms with Crippen molar-refractivity contribution >= 4 is 38.4 Å². The smallest absolute Gasteiger partial charge is 0.274 e. The van der Waals surface area contributed by atoms with Gasteiger partial charge in [-0.1, -0.05) is 34.1 Å². The van der Waals surface area contributed by atoms with Crippen molar-refractivity contribution in [2.75, 3.05) is 11.9 Å². The third-order valence-corrected chi connectivity index (χ3v) is 4.89. The maximum absolute atomic E-state index is 12.8. The van der Waals surface area contributed by atoms with Crippen molar-refractivity contribution in [3.8, 4) is 0 Å². The number of hydrogen-bond donors (Lipinski definition) is 0. The summed E-state index contributed by atoms with van der Waals surface area (Å²) < 4.78 is 2.99. The van der Waals surface area contributed by atoms with Crippen LogP contribution in [0.1, 0.15) is 16.1 Å². The number of carbonyl (C=O) groups is 1. The van der Waals surface area contributed by atoms with Crippen LogP contribution >= 0.6 is 15.9 Å². The van der Waals surface area contributed by atoms with Crippen LogP contribution in [0.25, 0.3) is 10.9 Å². The van der Waals surface area contributed by atoms with E-state index in [1.165, 1.54) is 0 Å². The van der Waals surface area contributed by atoms with Gasteiger partial charge in [-0.2, -0.15) is 0 Å². The molecule has 3 rings (SSSR count). The van der Waals surface area contributed by atoms with E-state index < -0.39 is 0 Å². The molecule has 0 fully saturated rings. The highest BCUT2D eigenvalue weighted by atomic mass is 79.9. The number of aryl methyl sites for hydroxylation is 2. The molecule has 112 valence electrons. The van der Waals surface area contributed by atoms with E-state index in [4.69, 9.17) is 0 Å². The van der Waals surface area contributed by atoms with Gasteiger partial charge in [0, 0.05) is 35.2 Å². The summed E-state index contributed by atoms with van der Waals surface area (Å²) in [6.45, 7) is 2.02. The molecule has 0 atom stereocenters. The molecule has 3 nitrogen and oxygen atoms in total. The Balaban J connectivity index is 2.01. The second-order valence-electron chi connectivity index (χ2n) is 5.45. The van der Waals surface area contributed by atoms with Gasteiger partial charge in [-0.05, 0) is 42.8 Å². The zero-order valence-corrected chi connectivity index (χ0v) is 14.4. The van der Waals surface area contributed by atoms with Crippen LogP contribution in [0.15, 0.2) is 53.0 Å². The van der Waals surface area contributed by atoms with Crippen LogP contribution in [-0.4, -0.2) is 17.5 Å². The van der Waals surface area contributed by atoms with Gasteiger partial charge in [0.15, 0.2) is 0 Å². The fourth-order valence-corrected chi connectivity index (χ4v) is 2.87. The molecule has 0 aliphatic carbocycles. The third kappa shape index (κ3) is 2.44. The Morgan fingerprint density at radius 1 is 1.14 bits per heavy atom. The van der Waals surface area contributed by atoms with E-state index in [0.29, 0.717) is 5.69 Å². The summed E-state index contributed by atoms with van der Waals surface area (Å²) in [6.07, 6.45) is 0. The lowest BCUT2D eigenvalue weighted by atomic mass is 10.2. The Labute approximate surface area is 138 Å². The standard InChI is InChI=1S/C18H17BrN2O/c1-12-10-14(8-9-15(12)19)20(2)18(22)17-11-13-6-4-5-7-16(13)21(17)3/h4-11H,1-3H3. The second kappa shape index (κ2) is 5.61. The lowest BCUT2D eigenvalue weighted by Crippen LogP contribution is -2.28. The number of anilines is 1. The average Bonchev–Trinajstić information content (AvgIpc) is 2.86. The highest BCUT2D eigenvalue weighted by Gasteiger charge is 2.18. The minimum Gasteiger partial charge on any atom is -0.340 e. The van der Waals surface area contributed by atoms with E-state index >= 15 is 0 Å². The Hall–Kier alpha value is -2.07. The lowest BCUT2D eigenvalue weighted by Gasteiger charge is -2.18. The first-order valence-corrected chi connectivity index (χ1v) is 7.87. The van der Waals surface area contributed by atoms with Gasteiger partial charge in [-0.3, -0.25) is 4.79 Å². The molecule has 0 aliphatic heterocycles. The normalized spacial score (nSPS) is 10.9. The molecule has 0 saturated heterocycles. The first-order chi connectivity index (χ1) is 10.5. The number of halogens is 1. The van der Waals surface area contributed by atoms with E-state index in [9.17, 15) is 4.79 Å². The van der Waals surface area contributed by atoms with Gasteiger partial charge in [0.05, 0.1) is 0 Å². The number of hydrogen-bond acceptors (Lipinski definition) is 1. The van der Waals surface area contributed by atoms with Crippen molar-refractivity contribution in [3.63, 3.8) is 0 Å². The van der Waals surface area contributed by atoms with Gasteiger partial charge in [0.2, 0.25) is 0 Å². The quantitative estimate of drug-likeness (QED) is 0.662. The summed E-state index contributed by atoms with van der Waals surface area (Å²) in [5.74, 6) is -0.0135.